The standard InChI is InChI=1S/C13H19N3O2/c1-13(2,3)18-12(17)16-10-5-4-8-15-9(10)6-7-11(16)14/h4-5,8,11H,6-7,14H2,1-3H3. The zero-order valence-corrected chi connectivity index (χ0v) is 11.0. The minimum Gasteiger partial charge on any atom is -0.443 e. The molecule has 1 aromatic heterocycles. The summed E-state index contributed by atoms with van der Waals surface area (Å²) in [5.74, 6) is 0. The Bertz CT molecular complexity index is 454. The van der Waals surface area contributed by atoms with Gasteiger partial charge in [0.1, 0.15) is 5.60 Å². The Balaban J connectivity index is 2.29. The second kappa shape index (κ2) is 4.57. The first kappa shape index (κ1) is 12.8. The Hall–Kier alpha value is -1.62. The van der Waals surface area contributed by atoms with Crippen molar-refractivity contribution in [2.75, 3.05) is 4.90 Å². The van der Waals surface area contributed by atoms with Gasteiger partial charge in [0.15, 0.2) is 0 Å². The van der Waals surface area contributed by atoms with Crippen LogP contribution in [0.1, 0.15) is 32.9 Å². The molecule has 0 aromatic carbocycles. The van der Waals surface area contributed by atoms with Crippen LogP contribution in [0, 0.1) is 0 Å². The quantitative estimate of drug-likeness (QED) is 0.764. The first-order valence-electron chi connectivity index (χ1n) is 6.10. The molecule has 0 radical (unpaired) electrons. The van der Waals surface area contributed by atoms with E-state index in [0.29, 0.717) is 6.42 Å². The van der Waals surface area contributed by atoms with Gasteiger partial charge in [0.2, 0.25) is 0 Å². The fraction of sp³-hybridized carbons (Fsp3) is 0.538. The molecule has 2 heterocycles. The monoisotopic (exact) mass is 249 g/mol. The van der Waals surface area contributed by atoms with Crippen LogP contribution in [0.2, 0.25) is 0 Å². The number of aryl methyl sites for hydroxylation is 1. The number of pyridine rings is 1. The topological polar surface area (TPSA) is 68.5 Å². The van der Waals surface area contributed by atoms with Gasteiger partial charge >= 0.3 is 6.09 Å². The third-order valence-corrected chi connectivity index (χ3v) is 2.72. The molecule has 0 bridgehead atoms. The molecule has 2 rings (SSSR count). The van der Waals surface area contributed by atoms with Crippen LogP contribution < -0.4 is 10.6 Å². The van der Waals surface area contributed by atoms with E-state index >= 15 is 0 Å². The lowest BCUT2D eigenvalue weighted by Crippen LogP contribution is -2.50. The summed E-state index contributed by atoms with van der Waals surface area (Å²) in [6, 6.07) is 3.65. The zero-order valence-electron chi connectivity index (χ0n) is 11.0. The van der Waals surface area contributed by atoms with Crippen molar-refractivity contribution in [1.29, 1.82) is 0 Å². The molecule has 0 aliphatic carbocycles. The van der Waals surface area contributed by atoms with Gasteiger partial charge in [-0.25, -0.2) is 4.79 Å². The van der Waals surface area contributed by atoms with Crippen molar-refractivity contribution in [2.24, 2.45) is 5.73 Å². The molecule has 1 aromatic rings. The highest BCUT2D eigenvalue weighted by Gasteiger charge is 2.32. The number of hydrogen-bond donors (Lipinski definition) is 1. The molecule has 1 aliphatic heterocycles. The minimum absolute atomic E-state index is 0.350. The number of nitrogens with two attached hydrogens (primary N) is 1. The van der Waals surface area contributed by atoms with E-state index in [-0.39, 0.29) is 6.17 Å². The third kappa shape index (κ3) is 2.61. The first-order valence-corrected chi connectivity index (χ1v) is 6.10. The Morgan fingerprint density at radius 2 is 2.28 bits per heavy atom. The molecule has 5 heteroatoms. The van der Waals surface area contributed by atoms with Crippen LogP contribution >= 0.6 is 0 Å². The average molecular weight is 249 g/mol. The van der Waals surface area contributed by atoms with Crippen molar-refractivity contribution in [2.45, 2.75) is 45.4 Å². The van der Waals surface area contributed by atoms with E-state index < -0.39 is 11.7 Å². The van der Waals surface area contributed by atoms with Crippen LogP contribution in [0.4, 0.5) is 10.5 Å². The van der Waals surface area contributed by atoms with E-state index in [1.807, 2.05) is 26.8 Å². The van der Waals surface area contributed by atoms with Crippen molar-refractivity contribution < 1.29 is 9.53 Å². The lowest BCUT2D eigenvalue weighted by Gasteiger charge is -2.35. The number of carbonyl (C=O) groups excluding carboxylic acids is 1. The highest BCUT2D eigenvalue weighted by atomic mass is 16.6. The minimum atomic E-state index is -0.531. The van der Waals surface area contributed by atoms with Gasteiger partial charge in [-0.2, -0.15) is 0 Å². The number of rotatable bonds is 0. The normalized spacial score (nSPS) is 19.3. The van der Waals surface area contributed by atoms with Crippen molar-refractivity contribution in [3.8, 4) is 0 Å². The summed E-state index contributed by atoms with van der Waals surface area (Å²) in [5.41, 5.74) is 7.13. The molecule has 1 amide bonds. The number of aromatic nitrogens is 1. The molecule has 1 aliphatic rings. The molecule has 0 saturated carbocycles. The zero-order chi connectivity index (χ0) is 13.3. The Morgan fingerprint density at radius 3 is 2.94 bits per heavy atom. The number of hydrogen-bond acceptors (Lipinski definition) is 4. The Kier molecular flexibility index (Phi) is 3.26. The lowest BCUT2D eigenvalue weighted by atomic mass is 10.1. The van der Waals surface area contributed by atoms with Crippen molar-refractivity contribution >= 4 is 11.8 Å². The summed E-state index contributed by atoms with van der Waals surface area (Å²) in [6.45, 7) is 5.51. The van der Waals surface area contributed by atoms with Crippen LogP contribution in [-0.2, 0) is 11.2 Å². The summed E-state index contributed by atoms with van der Waals surface area (Å²) in [4.78, 5) is 18.0. The van der Waals surface area contributed by atoms with Crippen LogP contribution in [0.25, 0.3) is 0 Å². The van der Waals surface area contributed by atoms with Crippen molar-refractivity contribution in [3.05, 3.63) is 24.0 Å². The maximum absolute atomic E-state index is 12.2. The van der Waals surface area contributed by atoms with E-state index in [4.69, 9.17) is 10.5 Å². The predicted octanol–water partition coefficient (Wildman–Crippen LogP) is 2.05. The largest absolute Gasteiger partial charge is 0.443 e. The molecule has 1 unspecified atom stereocenters. The summed E-state index contributed by atoms with van der Waals surface area (Å²) >= 11 is 0. The van der Waals surface area contributed by atoms with E-state index in [1.54, 1.807) is 12.3 Å². The van der Waals surface area contributed by atoms with Crippen molar-refractivity contribution in [3.63, 3.8) is 0 Å². The third-order valence-electron chi connectivity index (χ3n) is 2.72. The molecule has 5 nitrogen and oxygen atoms in total. The molecule has 1 atom stereocenters. The van der Waals surface area contributed by atoms with Gasteiger partial charge in [-0.1, -0.05) is 0 Å². The molecule has 18 heavy (non-hydrogen) atoms. The maximum Gasteiger partial charge on any atom is 0.416 e. The van der Waals surface area contributed by atoms with E-state index in [9.17, 15) is 4.79 Å². The van der Waals surface area contributed by atoms with Gasteiger partial charge in [-0.3, -0.25) is 9.88 Å². The van der Waals surface area contributed by atoms with E-state index in [0.717, 1.165) is 17.8 Å². The van der Waals surface area contributed by atoms with Gasteiger partial charge in [0, 0.05) is 6.20 Å². The summed E-state index contributed by atoms with van der Waals surface area (Å²) < 4.78 is 5.38. The molecule has 0 saturated heterocycles. The fourth-order valence-corrected chi connectivity index (χ4v) is 1.98. The average Bonchev–Trinajstić information content (AvgIpc) is 2.26. The van der Waals surface area contributed by atoms with Crippen molar-refractivity contribution in [1.82, 2.24) is 4.98 Å². The molecule has 0 fully saturated rings. The van der Waals surface area contributed by atoms with Gasteiger partial charge in [0.25, 0.3) is 0 Å². The van der Waals surface area contributed by atoms with Gasteiger partial charge in [0.05, 0.1) is 17.5 Å². The van der Waals surface area contributed by atoms with Crippen LogP contribution in [0.5, 0.6) is 0 Å². The number of carbonyl (C=O) groups is 1. The van der Waals surface area contributed by atoms with Crippen LogP contribution in [0.3, 0.4) is 0 Å². The lowest BCUT2D eigenvalue weighted by molar-refractivity contribution is 0.0561. The molecular formula is C13H19N3O2. The summed E-state index contributed by atoms with van der Waals surface area (Å²) in [6.07, 6.45) is 2.45. The molecular weight excluding hydrogens is 230 g/mol. The van der Waals surface area contributed by atoms with Gasteiger partial charge in [-0.05, 0) is 45.7 Å². The highest BCUT2D eigenvalue weighted by molar-refractivity contribution is 5.89. The smallest absolute Gasteiger partial charge is 0.416 e. The van der Waals surface area contributed by atoms with E-state index in [2.05, 4.69) is 4.98 Å². The first-order chi connectivity index (χ1) is 8.38. The van der Waals surface area contributed by atoms with Gasteiger partial charge < -0.3 is 10.5 Å². The van der Waals surface area contributed by atoms with Crippen LogP contribution in [-0.4, -0.2) is 22.8 Å². The SMILES string of the molecule is CC(C)(C)OC(=O)N1c2cccnc2CCC1N. The fourth-order valence-electron chi connectivity index (χ4n) is 1.98. The molecule has 0 spiro atoms. The Morgan fingerprint density at radius 1 is 1.56 bits per heavy atom. The van der Waals surface area contributed by atoms with E-state index in [1.165, 1.54) is 4.90 Å². The second-order valence-corrected chi connectivity index (χ2v) is 5.43. The number of amides is 1. The summed E-state index contributed by atoms with van der Waals surface area (Å²) in [7, 11) is 0. The number of ether oxygens (including phenoxy) is 1. The summed E-state index contributed by atoms with van der Waals surface area (Å²) in [5, 5.41) is 0. The predicted molar refractivity (Wildman–Crippen MR) is 69.2 cm³/mol. The highest BCUT2D eigenvalue weighted by Crippen LogP contribution is 2.28. The molecule has 2 N–H and O–H groups in total. The van der Waals surface area contributed by atoms with Crippen LogP contribution in [0.15, 0.2) is 18.3 Å². The number of anilines is 1. The van der Waals surface area contributed by atoms with Gasteiger partial charge in [-0.15, -0.1) is 0 Å². The second-order valence-electron chi connectivity index (χ2n) is 5.43. The molecule has 98 valence electrons. The maximum atomic E-state index is 12.2. The Labute approximate surface area is 107 Å². The number of nitrogens with zero attached hydrogens (tertiary/aromatic N) is 2. The number of fused-ring (bicyclic) bond motifs is 1.